The lowest BCUT2D eigenvalue weighted by Gasteiger charge is -2.17. The first-order valence-electron chi connectivity index (χ1n) is 10.5. The molecule has 0 amide bonds. The zero-order chi connectivity index (χ0) is 22.4. The van der Waals surface area contributed by atoms with Gasteiger partial charge < -0.3 is 9.47 Å². The van der Waals surface area contributed by atoms with Crippen molar-refractivity contribution < 1.29 is 23.3 Å². The number of hydrogen-bond acceptors (Lipinski definition) is 5. The molecule has 0 radical (unpaired) electrons. The fourth-order valence-electron chi connectivity index (χ4n) is 2.87. The van der Waals surface area contributed by atoms with E-state index in [1.54, 1.807) is 12.1 Å². The maximum atomic E-state index is 13.3. The van der Waals surface area contributed by atoms with Crippen molar-refractivity contribution >= 4 is 22.7 Å². The molecule has 0 heterocycles. The molecule has 0 aromatic heterocycles. The first-order valence-corrected chi connectivity index (χ1v) is 11.7. The summed E-state index contributed by atoms with van der Waals surface area (Å²) in [6.07, 6.45) is 11.2. The summed E-state index contributed by atoms with van der Waals surface area (Å²) in [6, 6.07) is 7.39. The van der Waals surface area contributed by atoms with Crippen LogP contribution in [0, 0.1) is 6.92 Å². The van der Waals surface area contributed by atoms with Crippen LogP contribution < -0.4 is 0 Å². The summed E-state index contributed by atoms with van der Waals surface area (Å²) in [7, 11) is -0.251. The van der Waals surface area contributed by atoms with Gasteiger partial charge in [-0.1, -0.05) is 62.8 Å². The molecule has 0 N–H and O–H groups in total. The van der Waals surface area contributed by atoms with Crippen LogP contribution >= 0.6 is 0 Å². The Kier molecular flexibility index (Phi) is 12.7. The van der Waals surface area contributed by atoms with E-state index in [1.807, 2.05) is 25.1 Å². The molecule has 0 aliphatic heterocycles. The Hall–Kier alpha value is -2.21. The van der Waals surface area contributed by atoms with Gasteiger partial charge in [0.2, 0.25) is 0 Å². The molecule has 0 fully saturated rings. The third kappa shape index (κ3) is 10.0. The smallest absolute Gasteiger partial charge is 0.330 e. The van der Waals surface area contributed by atoms with E-state index in [9.17, 15) is 13.8 Å². The van der Waals surface area contributed by atoms with Gasteiger partial charge in [0, 0.05) is 17.9 Å². The zero-order valence-corrected chi connectivity index (χ0v) is 19.3. The highest BCUT2D eigenvalue weighted by Gasteiger charge is 2.22. The van der Waals surface area contributed by atoms with Crippen LogP contribution in [0.5, 0.6) is 0 Å². The second kappa shape index (κ2) is 14.7. The number of aryl methyl sites for hydroxylation is 1. The molecule has 166 valence electrons. The number of unbranched alkanes of at least 4 members (excludes halogenated alkanes) is 6. The Labute approximate surface area is 183 Å². The largest absolute Gasteiger partial charge is 0.466 e. The highest BCUT2D eigenvalue weighted by atomic mass is 32.2. The number of allylic oxidation sites excluding steroid dienone is 1. The number of carbonyl (C=O) groups is 2. The van der Waals surface area contributed by atoms with Crippen molar-refractivity contribution in [3.8, 4) is 0 Å². The molecule has 1 aromatic rings. The van der Waals surface area contributed by atoms with Crippen molar-refractivity contribution in [2.45, 2.75) is 76.7 Å². The van der Waals surface area contributed by atoms with E-state index in [1.165, 1.54) is 51.9 Å². The highest BCUT2D eigenvalue weighted by Crippen LogP contribution is 2.23. The van der Waals surface area contributed by atoms with Crippen molar-refractivity contribution in [3.05, 3.63) is 53.0 Å². The molecule has 1 rings (SSSR count). The fourth-order valence-corrected chi connectivity index (χ4v) is 4.13. The van der Waals surface area contributed by atoms with Gasteiger partial charge in [0.15, 0.2) is 6.10 Å². The van der Waals surface area contributed by atoms with Crippen LogP contribution in [0.25, 0.3) is 0 Å². The van der Waals surface area contributed by atoms with Gasteiger partial charge in [-0.15, -0.1) is 0 Å². The molecule has 0 spiro atoms. The third-order valence-corrected chi connectivity index (χ3v) is 6.06. The summed E-state index contributed by atoms with van der Waals surface area (Å²) in [5.74, 6) is -1.08. The van der Waals surface area contributed by atoms with Gasteiger partial charge >= 0.3 is 11.9 Å². The Morgan fingerprint density at radius 2 is 1.70 bits per heavy atom. The van der Waals surface area contributed by atoms with E-state index in [0.717, 1.165) is 24.8 Å². The molecule has 30 heavy (non-hydrogen) atoms. The monoisotopic (exact) mass is 434 g/mol. The van der Waals surface area contributed by atoms with Crippen LogP contribution in [0.1, 0.15) is 64.4 Å². The van der Waals surface area contributed by atoms with E-state index in [4.69, 9.17) is 4.74 Å². The van der Waals surface area contributed by atoms with Crippen LogP contribution in [-0.2, 0) is 29.9 Å². The number of benzene rings is 1. The van der Waals surface area contributed by atoms with Gasteiger partial charge in [0.05, 0.1) is 22.8 Å². The number of carbonyl (C=O) groups excluding carboxylic acids is 2. The van der Waals surface area contributed by atoms with Crippen molar-refractivity contribution in [1.29, 1.82) is 0 Å². The van der Waals surface area contributed by atoms with Crippen molar-refractivity contribution in [3.63, 3.8) is 0 Å². The molecular weight excluding hydrogens is 400 g/mol. The van der Waals surface area contributed by atoms with Gasteiger partial charge in [-0.3, -0.25) is 4.79 Å². The Balaban J connectivity index is 3.07. The molecule has 0 saturated heterocycles. The first-order chi connectivity index (χ1) is 14.4. The van der Waals surface area contributed by atoms with E-state index < -0.39 is 28.8 Å². The standard InChI is InChI=1S/C24H34O5S/c1-5-6-7-8-9-10-11-12-23(30(27)21-15-13-19(2)14-16-21)22(29-20(3)25)17-18-24(26)28-4/h12-18,22H,5-11H2,1-4H3/b18-17+,23-12+/t22-,30?/m1/s1. The normalized spacial score (nSPS) is 13.8. The number of esters is 2. The zero-order valence-electron chi connectivity index (χ0n) is 18.5. The molecule has 0 saturated carbocycles. The summed E-state index contributed by atoms with van der Waals surface area (Å²) in [5.41, 5.74) is 1.07. The minimum absolute atomic E-state index is 0.461. The van der Waals surface area contributed by atoms with Crippen molar-refractivity contribution in [2.24, 2.45) is 0 Å². The second-order valence-electron chi connectivity index (χ2n) is 7.16. The molecule has 2 atom stereocenters. The number of methoxy groups -OCH3 is 1. The average molecular weight is 435 g/mol. The predicted molar refractivity (Wildman–Crippen MR) is 120 cm³/mol. The summed E-state index contributed by atoms with van der Waals surface area (Å²) in [4.78, 5) is 24.3. The van der Waals surface area contributed by atoms with Gasteiger partial charge in [0.25, 0.3) is 0 Å². The summed E-state index contributed by atoms with van der Waals surface area (Å²) in [5, 5.41) is 0. The first kappa shape index (κ1) is 25.8. The summed E-state index contributed by atoms with van der Waals surface area (Å²) >= 11 is 0. The Morgan fingerprint density at radius 1 is 1.07 bits per heavy atom. The van der Waals surface area contributed by atoms with Gasteiger partial charge in [-0.25, -0.2) is 9.00 Å². The minimum Gasteiger partial charge on any atom is -0.466 e. The maximum absolute atomic E-state index is 13.3. The van der Waals surface area contributed by atoms with E-state index in [-0.39, 0.29) is 0 Å². The average Bonchev–Trinajstić information content (AvgIpc) is 2.73. The lowest BCUT2D eigenvalue weighted by molar-refractivity contribution is -0.143. The van der Waals surface area contributed by atoms with Crippen LogP contribution in [0.3, 0.4) is 0 Å². The SMILES string of the molecule is CCCCCCCC/C=C(\[C@@H](/C=C/C(=O)OC)OC(C)=O)S(=O)c1ccc(C)cc1. The van der Waals surface area contributed by atoms with Crippen LogP contribution in [0.2, 0.25) is 0 Å². The quantitative estimate of drug-likeness (QED) is 0.236. The Bertz CT molecular complexity index is 749. The Morgan fingerprint density at radius 3 is 2.30 bits per heavy atom. The number of hydrogen-bond donors (Lipinski definition) is 0. The van der Waals surface area contributed by atoms with Gasteiger partial charge in [-0.05, 0) is 38.0 Å². The molecule has 6 heteroatoms. The molecule has 0 aliphatic rings. The molecule has 5 nitrogen and oxygen atoms in total. The topological polar surface area (TPSA) is 69.7 Å². The fraction of sp³-hybridized carbons (Fsp3) is 0.500. The van der Waals surface area contributed by atoms with Gasteiger partial charge in [-0.2, -0.15) is 0 Å². The van der Waals surface area contributed by atoms with Crippen LogP contribution in [-0.4, -0.2) is 29.4 Å². The minimum atomic E-state index is -1.52. The van der Waals surface area contributed by atoms with Crippen molar-refractivity contribution in [1.82, 2.24) is 0 Å². The predicted octanol–water partition coefficient (Wildman–Crippen LogP) is 5.40. The molecular formula is C24H34O5S. The van der Waals surface area contributed by atoms with E-state index >= 15 is 0 Å². The van der Waals surface area contributed by atoms with Crippen LogP contribution in [0.15, 0.2) is 52.3 Å². The van der Waals surface area contributed by atoms with E-state index in [2.05, 4.69) is 11.7 Å². The van der Waals surface area contributed by atoms with Gasteiger partial charge in [0.1, 0.15) is 0 Å². The lowest BCUT2D eigenvalue weighted by Crippen LogP contribution is -2.20. The molecule has 0 bridgehead atoms. The molecule has 0 aliphatic carbocycles. The number of rotatable bonds is 13. The summed E-state index contributed by atoms with van der Waals surface area (Å²) in [6.45, 7) is 5.44. The lowest BCUT2D eigenvalue weighted by atomic mass is 10.1. The van der Waals surface area contributed by atoms with Crippen LogP contribution in [0.4, 0.5) is 0 Å². The maximum Gasteiger partial charge on any atom is 0.330 e. The number of ether oxygens (including phenoxy) is 2. The molecule has 1 unspecified atom stereocenters. The highest BCUT2D eigenvalue weighted by molar-refractivity contribution is 7.89. The molecule has 1 aromatic carbocycles. The second-order valence-corrected chi connectivity index (χ2v) is 8.64. The summed E-state index contributed by atoms with van der Waals surface area (Å²) < 4.78 is 23.3. The van der Waals surface area contributed by atoms with Crippen molar-refractivity contribution in [2.75, 3.05) is 7.11 Å². The third-order valence-electron chi connectivity index (χ3n) is 4.53. The van der Waals surface area contributed by atoms with E-state index in [0.29, 0.717) is 9.80 Å².